The number of anilines is 1. The highest BCUT2D eigenvalue weighted by atomic mass is 79.9. The van der Waals surface area contributed by atoms with E-state index in [1.165, 1.54) is 5.56 Å². The number of nitrogens with one attached hydrogen (secondary N) is 1. The third-order valence-electron chi connectivity index (χ3n) is 4.32. The van der Waals surface area contributed by atoms with Crippen LogP contribution in [-0.4, -0.2) is 15.3 Å². The average Bonchev–Trinajstić information content (AvgIpc) is 3.07. The van der Waals surface area contributed by atoms with E-state index in [-0.39, 0.29) is 5.91 Å². The van der Waals surface area contributed by atoms with Gasteiger partial charge in [-0.1, -0.05) is 46.3 Å². The SMILES string of the molecule is Cc1ccc2nc(-c3cccc(NC(=O)Cc4ccc(Br)cc4)c3)cn2c1. The van der Waals surface area contributed by atoms with Gasteiger partial charge in [-0.05, 0) is 48.4 Å². The number of rotatable bonds is 4. The van der Waals surface area contributed by atoms with Crippen LogP contribution in [0.3, 0.4) is 0 Å². The molecule has 5 heteroatoms. The number of aryl methyl sites for hydroxylation is 1. The van der Waals surface area contributed by atoms with E-state index in [2.05, 4.69) is 39.4 Å². The minimum Gasteiger partial charge on any atom is -0.326 e. The summed E-state index contributed by atoms with van der Waals surface area (Å²) < 4.78 is 3.02. The molecule has 0 aliphatic heterocycles. The fourth-order valence-electron chi connectivity index (χ4n) is 2.99. The standard InChI is InChI=1S/C22H18BrN3O/c1-15-5-10-21-25-20(14-26(21)13-15)17-3-2-4-19(12-17)24-22(27)11-16-6-8-18(23)9-7-16/h2-10,12-14H,11H2,1H3,(H,24,27). The van der Waals surface area contributed by atoms with Crippen LogP contribution in [0.1, 0.15) is 11.1 Å². The maximum absolute atomic E-state index is 12.4. The van der Waals surface area contributed by atoms with Gasteiger partial charge in [-0.15, -0.1) is 0 Å². The Bertz CT molecular complexity index is 1120. The lowest BCUT2D eigenvalue weighted by atomic mass is 10.1. The largest absolute Gasteiger partial charge is 0.326 e. The lowest BCUT2D eigenvalue weighted by Crippen LogP contribution is -2.14. The number of aromatic nitrogens is 2. The molecule has 0 fully saturated rings. The molecule has 0 aliphatic carbocycles. The first kappa shape index (κ1) is 17.5. The van der Waals surface area contributed by atoms with Crippen molar-refractivity contribution in [3.63, 3.8) is 0 Å². The zero-order valence-electron chi connectivity index (χ0n) is 14.8. The number of halogens is 1. The van der Waals surface area contributed by atoms with Crippen molar-refractivity contribution in [3.8, 4) is 11.3 Å². The number of benzene rings is 2. The first-order valence-corrected chi connectivity index (χ1v) is 9.46. The van der Waals surface area contributed by atoms with E-state index in [1.807, 2.05) is 71.3 Å². The van der Waals surface area contributed by atoms with Gasteiger partial charge in [0.2, 0.25) is 5.91 Å². The van der Waals surface area contributed by atoms with Crippen molar-refractivity contribution in [2.75, 3.05) is 5.32 Å². The lowest BCUT2D eigenvalue weighted by molar-refractivity contribution is -0.115. The third-order valence-corrected chi connectivity index (χ3v) is 4.85. The predicted molar refractivity (Wildman–Crippen MR) is 112 cm³/mol. The summed E-state index contributed by atoms with van der Waals surface area (Å²) in [6.45, 7) is 2.06. The van der Waals surface area contributed by atoms with Gasteiger partial charge >= 0.3 is 0 Å². The predicted octanol–water partition coefficient (Wildman–Crippen LogP) is 5.25. The van der Waals surface area contributed by atoms with E-state index in [0.29, 0.717) is 6.42 Å². The van der Waals surface area contributed by atoms with E-state index in [1.54, 1.807) is 0 Å². The highest BCUT2D eigenvalue weighted by Crippen LogP contribution is 2.23. The van der Waals surface area contributed by atoms with Crippen LogP contribution in [0, 0.1) is 6.92 Å². The first-order valence-electron chi connectivity index (χ1n) is 8.67. The molecule has 0 radical (unpaired) electrons. The molecule has 1 amide bonds. The molecule has 0 aliphatic rings. The molecule has 4 rings (SSSR count). The minimum atomic E-state index is -0.0416. The fraction of sp³-hybridized carbons (Fsp3) is 0.0909. The van der Waals surface area contributed by atoms with Crippen molar-refractivity contribution in [2.24, 2.45) is 0 Å². The summed E-state index contributed by atoms with van der Waals surface area (Å²) >= 11 is 3.40. The Labute approximate surface area is 166 Å². The summed E-state index contributed by atoms with van der Waals surface area (Å²) in [6, 6.07) is 19.6. The monoisotopic (exact) mass is 419 g/mol. The number of hydrogen-bond acceptors (Lipinski definition) is 2. The highest BCUT2D eigenvalue weighted by molar-refractivity contribution is 9.10. The number of pyridine rings is 1. The number of nitrogens with zero attached hydrogens (tertiary/aromatic N) is 2. The van der Waals surface area contributed by atoms with Crippen molar-refractivity contribution in [2.45, 2.75) is 13.3 Å². The van der Waals surface area contributed by atoms with Crippen molar-refractivity contribution in [1.82, 2.24) is 9.38 Å². The molecular formula is C22H18BrN3O. The Balaban J connectivity index is 1.52. The maximum Gasteiger partial charge on any atom is 0.228 e. The van der Waals surface area contributed by atoms with Crippen LogP contribution < -0.4 is 5.32 Å². The molecule has 1 N–H and O–H groups in total. The van der Waals surface area contributed by atoms with Gasteiger partial charge in [-0.2, -0.15) is 0 Å². The summed E-state index contributed by atoms with van der Waals surface area (Å²) in [6.07, 6.45) is 4.39. The molecule has 27 heavy (non-hydrogen) atoms. The lowest BCUT2D eigenvalue weighted by Gasteiger charge is -2.07. The second-order valence-electron chi connectivity index (χ2n) is 6.53. The van der Waals surface area contributed by atoms with Gasteiger partial charge in [0, 0.05) is 28.1 Å². The summed E-state index contributed by atoms with van der Waals surface area (Å²) in [7, 11) is 0. The minimum absolute atomic E-state index is 0.0416. The van der Waals surface area contributed by atoms with E-state index in [9.17, 15) is 4.79 Å². The normalized spacial score (nSPS) is 10.9. The van der Waals surface area contributed by atoms with Crippen LogP contribution in [-0.2, 0) is 11.2 Å². The van der Waals surface area contributed by atoms with E-state index >= 15 is 0 Å². The summed E-state index contributed by atoms with van der Waals surface area (Å²) in [5.41, 5.74) is 5.67. The van der Waals surface area contributed by atoms with E-state index in [0.717, 1.165) is 32.6 Å². The number of imidazole rings is 1. The molecule has 2 aromatic heterocycles. The molecule has 0 spiro atoms. The van der Waals surface area contributed by atoms with Crippen LogP contribution in [0.5, 0.6) is 0 Å². The van der Waals surface area contributed by atoms with E-state index < -0.39 is 0 Å². The van der Waals surface area contributed by atoms with Crippen molar-refractivity contribution >= 4 is 33.2 Å². The summed E-state index contributed by atoms with van der Waals surface area (Å²) in [4.78, 5) is 17.0. The van der Waals surface area contributed by atoms with Crippen LogP contribution in [0.4, 0.5) is 5.69 Å². The Hall–Kier alpha value is -2.92. The zero-order valence-corrected chi connectivity index (χ0v) is 16.4. The number of carbonyl (C=O) groups is 1. The van der Waals surface area contributed by atoms with Gasteiger partial charge in [-0.3, -0.25) is 4.79 Å². The van der Waals surface area contributed by atoms with Gasteiger partial charge in [0.05, 0.1) is 12.1 Å². The summed E-state index contributed by atoms with van der Waals surface area (Å²) in [5, 5.41) is 2.97. The van der Waals surface area contributed by atoms with Crippen LogP contribution in [0.15, 0.2) is 77.5 Å². The number of amides is 1. The summed E-state index contributed by atoms with van der Waals surface area (Å²) in [5.74, 6) is -0.0416. The van der Waals surface area contributed by atoms with Gasteiger partial charge in [0.15, 0.2) is 0 Å². The Morgan fingerprint density at radius 3 is 2.70 bits per heavy atom. The van der Waals surface area contributed by atoms with E-state index in [4.69, 9.17) is 0 Å². The smallest absolute Gasteiger partial charge is 0.228 e. The molecule has 2 heterocycles. The van der Waals surface area contributed by atoms with Gasteiger partial charge in [0.25, 0.3) is 0 Å². The van der Waals surface area contributed by atoms with Crippen molar-refractivity contribution < 1.29 is 4.79 Å². The van der Waals surface area contributed by atoms with Gasteiger partial charge in [0.1, 0.15) is 5.65 Å². The second-order valence-corrected chi connectivity index (χ2v) is 7.45. The maximum atomic E-state index is 12.4. The van der Waals surface area contributed by atoms with Gasteiger partial charge < -0.3 is 9.72 Å². The quantitative estimate of drug-likeness (QED) is 0.490. The van der Waals surface area contributed by atoms with Crippen LogP contribution in [0.25, 0.3) is 16.9 Å². The fourth-order valence-corrected chi connectivity index (χ4v) is 3.26. The van der Waals surface area contributed by atoms with Gasteiger partial charge in [-0.25, -0.2) is 4.98 Å². The molecule has 0 bridgehead atoms. The number of carbonyl (C=O) groups excluding carboxylic acids is 1. The second kappa shape index (κ2) is 7.37. The molecule has 0 atom stereocenters. The molecule has 4 aromatic rings. The van der Waals surface area contributed by atoms with Crippen molar-refractivity contribution in [1.29, 1.82) is 0 Å². The Kier molecular flexibility index (Phi) is 4.77. The van der Waals surface area contributed by atoms with Crippen LogP contribution in [0.2, 0.25) is 0 Å². The average molecular weight is 420 g/mol. The molecule has 134 valence electrons. The zero-order chi connectivity index (χ0) is 18.8. The Morgan fingerprint density at radius 2 is 1.89 bits per heavy atom. The number of hydrogen-bond donors (Lipinski definition) is 1. The molecule has 0 unspecified atom stereocenters. The molecule has 4 nitrogen and oxygen atoms in total. The topological polar surface area (TPSA) is 46.4 Å². The van der Waals surface area contributed by atoms with Crippen molar-refractivity contribution in [3.05, 3.63) is 88.7 Å². The molecule has 2 aromatic carbocycles. The number of fused-ring (bicyclic) bond motifs is 1. The third kappa shape index (κ3) is 4.09. The Morgan fingerprint density at radius 1 is 1.07 bits per heavy atom. The molecule has 0 saturated heterocycles. The highest BCUT2D eigenvalue weighted by Gasteiger charge is 2.08. The molecular weight excluding hydrogens is 402 g/mol. The first-order chi connectivity index (χ1) is 13.1. The van der Waals surface area contributed by atoms with Crippen LogP contribution >= 0.6 is 15.9 Å². The molecule has 0 saturated carbocycles.